The molecule has 158 valence electrons. The van der Waals surface area contributed by atoms with E-state index < -0.39 is 0 Å². The van der Waals surface area contributed by atoms with Gasteiger partial charge in [0.15, 0.2) is 0 Å². The Morgan fingerprint density at radius 2 is 1.32 bits per heavy atom. The second-order valence-corrected chi connectivity index (χ2v) is 7.72. The van der Waals surface area contributed by atoms with E-state index in [0.29, 0.717) is 13.2 Å². The van der Waals surface area contributed by atoms with Crippen molar-refractivity contribution in [3.05, 3.63) is 114 Å². The van der Waals surface area contributed by atoms with E-state index in [2.05, 4.69) is 85.0 Å². The Bertz CT molecular complexity index is 1020. The van der Waals surface area contributed by atoms with E-state index in [9.17, 15) is 0 Å². The fourth-order valence-corrected chi connectivity index (χ4v) is 3.72. The van der Waals surface area contributed by atoms with E-state index >= 15 is 0 Å². The molecule has 31 heavy (non-hydrogen) atoms. The van der Waals surface area contributed by atoms with Crippen LogP contribution in [0.2, 0.25) is 0 Å². The first-order valence-electron chi connectivity index (χ1n) is 10.9. The zero-order chi connectivity index (χ0) is 21.3. The molecular weight excluding hydrogens is 382 g/mol. The Balaban J connectivity index is 1.28. The lowest BCUT2D eigenvalue weighted by Crippen LogP contribution is -2.34. The van der Waals surface area contributed by atoms with Gasteiger partial charge in [-0.2, -0.15) is 0 Å². The van der Waals surface area contributed by atoms with Crippen LogP contribution in [0.25, 0.3) is 10.8 Å². The number of benzene rings is 4. The van der Waals surface area contributed by atoms with Crippen LogP contribution in [0.4, 0.5) is 0 Å². The van der Waals surface area contributed by atoms with Gasteiger partial charge >= 0.3 is 0 Å². The zero-order valence-electron chi connectivity index (χ0n) is 17.9. The Hall–Kier alpha value is -3.14. The number of rotatable bonds is 10. The highest BCUT2D eigenvalue weighted by Gasteiger charge is 2.14. The minimum atomic E-state index is -0.0635. The molecule has 0 aromatic heterocycles. The summed E-state index contributed by atoms with van der Waals surface area (Å²) in [7, 11) is 0. The molecule has 0 aliphatic heterocycles. The lowest BCUT2D eigenvalue weighted by atomic mass is 10.0. The smallest absolute Gasteiger partial charge is 0.127 e. The molecular formula is C28H29NO2. The molecule has 4 aromatic carbocycles. The number of nitrogens with one attached hydrogen (secondary N) is 1. The minimum absolute atomic E-state index is 0.0635. The average molecular weight is 412 g/mol. The largest absolute Gasteiger partial charge is 0.491 e. The van der Waals surface area contributed by atoms with E-state index in [1.54, 1.807) is 0 Å². The van der Waals surface area contributed by atoms with Crippen LogP contribution in [-0.2, 0) is 4.74 Å². The summed E-state index contributed by atoms with van der Waals surface area (Å²) < 4.78 is 12.4. The van der Waals surface area contributed by atoms with E-state index in [-0.39, 0.29) is 12.1 Å². The van der Waals surface area contributed by atoms with Crippen molar-refractivity contribution in [1.82, 2.24) is 5.32 Å². The Labute approximate surface area is 184 Å². The summed E-state index contributed by atoms with van der Waals surface area (Å²) in [6, 6.07) is 35.5. The summed E-state index contributed by atoms with van der Waals surface area (Å²) in [6.07, 6.45) is -0.0635. The fraction of sp³-hybridized carbons (Fsp3) is 0.214. The van der Waals surface area contributed by atoms with Gasteiger partial charge in [-0.3, -0.25) is 0 Å². The maximum atomic E-state index is 6.28. The monoisotopic (exact) mass is 411 g/mol. The first-order valence-corrected chi connectivity index (χ1v) is 10.9. The summed E-state index contributed by atoms with van der Waals surface area (Å²) in [5.74, 6) is 0.927. The van der Waals surface area contributed by atoms with Crippen LogP contribution in [0.3, 0.4) is 0 Å². The first kappa shape index (κ1) is 21.1. The molecule has 0 amide bonds. The molecule has 0 aliphatic carbocycles. The lowest BCUT2D eigenvalue weighted by Gasteiger charge is -2.20. The van der Waals surface area contributed by atoms with Crippen molar-refractivity contribution >= 4 is 10.8 Å². The quantitative estimate of drug-likeness (QED) is 0.325. The maximum absolute atomic E-state index is 6.28. The molecule has 3 nitrogen and oxygen atoms in total. The van der Waals surface area contributed by atoms with Crippen molar-refractivity contribution < 1.29 is 9.47 Å². The molecule has 3 heteroatoms. The van der Waals surface area contributed by atoms with Gasteiger partial charge in [-0.25, -0.2) is 0 Å². The Morgan fingerprint density at radius 3 is 2.03 bits per heavy atom. The zero-order valence-corrected chi connectivity index (χ0v) is 17.9. The molecule has 0 fully saturated rings. The second-order valence-electron chi connectivity index (χ2n) is 7.72. The van der Waals surface area contributed by atoms with Gasteiger partial charge in [0.05, 0.1) is 6.61 Å². The fourth-order valence-electron chi connectivity index (χ4n) is 3.72. The molecule has 4 rings (SSSR count). The Kier molecular flexibility index (Phi) is 7.32. The summed E-state index contributed by atoms with van der Waals surface area (Å²) in [6.45, 7) is 4.12. The molecule has 0 bridgehead atoms. The summed E-state index contributed by atoms with van der Waals surface area (Å²) in [5, 5.41) is 5.85. The molecule has 0 saturated heterocycles. The first-order chi connectivity index (χ1) is 15.3. The highest BCUT2D eigenvalue weighted by Crippen LogP contribution is 2.26. The third-order valence-electron chi connectivity index (χ3n) is 5.32. The van der Waals surface area contributed by atoms with Crippen molar-refractivity contribution in [3.63, 3.8) is 0 Å². The van der Waals surface area contributed by atoms with Gasteiger partial charge in [0, 0.05) is 18.0 Å². The topological polar surface area (TPSA) is 30.5 Å². The third kappa shape index (κ3) is 5.72. The van der Waals surface area contributed by atoms with Crippen molar-refractivity contribution in [2.24, 2.45) is 0 Å². The standard InChI is InChI=1S/C28H29NO2/c1-22(21-31-27-18-10-16-23-11-8-9-17-26(23)27)29-19-20-30-28(24-12-4-2-5-13-24)25-14-6-3-7-15-25/h2-18,22,28-29H,19-21H2,1H3. The van der Waals surface area contributed by atoms with Crippen molar-refractivity contribution in [1.29, 1.82) is 0 Å². The maximum Gasteiger partial charge on any atom is 0.127 e. The normalized spacial score (nSPS) is 12.2. The van der Waals surface area contributed by atoms with Gasteiger partial charge < -0.3 is 14.8 Å². The summed E-state index contributed by atoms with van der Waals surface area (Å²) >= 11 is 0. The Morgan fingerprint density at radius 1 is 0.710 bits per heavy atom. The van der Waals surface area contributed by atoms with Crippen molar-refractivity contribution in [2.75, 3.05) is 19.8 Å². The van der Waals surface area contributed by atoms with E-state index in [1.807, 2.05) is 30.3 Å². The van der Waals surface area contributed by atoms with Crippen LogP contribution in [0.5, 0.6) is 5.75 Å². The third-order valence-corrected chi connectivity index (χ3v) is 5.32. The number of ether oxygens (including phenoxy) is 2. The molecule has 0 saturated carbocycles. The molecule has 0 aliphatic rings. The highest BCUT2D eigenvalue weighted by molar-refractivity contribution is 5.88. The van der Waals surface area contributed by atoms with Crippen molar-refractivity contribution in [3.8, 4) is 5.75 Å². The van der Waals surface area contributed by atoms with Gasteiger partial charge in [-0.05, 0) is 29.5 Å². The van der Waals surface area contributed by atoms with E-state index in [4.69, 9.17) is 9.47 Å². The average Bonchev–Trinajstić information content (AvgIpc) is 2.84. The number of fused-ring (bicyclic) bond motifs is 1. The predicted molar refractivity (Wildman–Crippen MR) is 128 cm³/mol. The predicted octanol–water partition coefficient (Wildman–Crippen LogP) is 6.00. The number of hydrogen-bond donors (Lipinski definition) is 1. The van der Waals surface area contributed by atoms with Gasteiger partial charge in [0.25, 0.3) is 0 Å². The molecule has 1 atom stereocenters. The van der Waals surface area contributed by atoms with Crippen molar-refractivity contribution in [2.45, 2.75) is 19.1 Å². The van der Waals surface area contributed by atoms with Gasteiger partial charge in [0.1, 0.15) is 18.5 Å². The minimum Gasteiger partial charge on any atom is -0.491 e. The lowest BCUT2D eigenvalue weighted by molar-refractivity contribution is 0.0797. The van der Waals surface area contributed by atoms with Crippen LogP contribution in [0, 0.1) is 0 Å². The van der Waals surface area contributed by atoms with Crippen LogP contribution in [0.1, 0.15) is 24.2 Å². The van der Waals surface area contributed by atoms with Crippen LogP contribution >= 0.6 is 0 Å². The van der Waals surface area contributed by atoms with Crippen LogP contribution in [-0.4, -0.2) is 25.8 Å². The van der Waals surface area contributed by atoms with Crippen LogP contribution < -0.4 is 10.1 Å². The van der Waals surface area contributed by atoms with Gasteiger partial charge in [-0.1, -0.05) is 97.1 Å². The summed E-state index contributed by atoms with van der Waals surface area (Å²) in [5.41, 5.74) is 2.34. The highest BCUT2D eigenvalue weighted by atomic mass is 16.5. The summed E-state index contributed by atoms with van der Waals surface area (Å²) in [4.78, 5) is 0. The molecule has 0 radical (unpaired) electrons. The molecule has 4 aromatic rings. The molecule has 1 N–H and O–H groups in total. The molecule has 1 unspecified atom stereocenters. The van der Waals surface area contributed by atoms with E-state index in [0.717, 1.165) is 17.7 Å². The molecule has 0 spiro atoms. The second kappa shape index (κ2) is 10.8. The van der Waals surface area contributed by atoms with E-state index in [1.165, 1.54) is 16.5 Å². The van der Waals surface area contributed by atoms with Gasteiger partial charge in [-0.15, -0.1) is 0 Å². The number of hydrogen-bond acceptors (Lipinski definition) is 3. The molecule has 0 heterocycles. The van der Waals surface area contributed by atoms with Crippen LogP contribution in [0.15, 0.2) is 103 Å². The SMILES string of the molecule is CC(COc1cccc2ccccc12)NCCOC(c1ccccc1)c1ccccc1. The van der Waals surface area contributed by atoms with Gasteiger partial charge in [0.2, 0.25) is 0 Å².